The van der Waals surface area contributed by atoms with Crippen molar-refractivity contribution in [2.75, 3.05) is 37.1 Å². The molecule has 2 aromatic rings. The molecule has 0 N–H and O–H groups in total. The Labute approximate surface area is 217 Å². The maximum Gasteiger partial charge on any atom is 0.433 e. The van der Waals surface area contributed by atoms with Gasteiger partial charge in [0, 0.05) is 31.7 Å². The molecule has 0 amide bonds. The number of benzene rings is 1. The van der Waals surface area contributed by atoms with Crippen molar-refractivity contribution in [3.8, 4) is 5.75 Å². The van der Waals surface area contributed by atoms with E-state index in [1.807, 2.05) is 4.90 Å². The number of halogens is 3. The van der Waals surface area contributed by atoms with Gasteiger partial charge in [-0.05, 0) is 60.4 Å². The molecule has 1 aliphatic rings. The van der Waals surface area contributed by atoms with E-state index in [1.54, 1.807) is 25.1 Å². The standard InChI is InChI=1S/C27H35F3N2O4S/c1-18-11-14-32(15-12-18)26-21(8-10-25(31-26)27(28,29)30)7-9-23(33)19(2)22-6-5-20(24(17-22)36-3)13-16-37(4,34)35/h5-6,8,10,17-19H,7,9,11-16H2,1-4H3. The highest BCUT2D eigenvalue weighted by molar-refractivity contribution is 7.90. The van der Waals surface area contributed by atoms with E-state index < -0.39 is 27.6 Å². The van der Waals surface area contributed by atoms with E-state index in [0.29, 0.717) is 49.0 Å². The highest BCUT2D eigenvalue weighted by atomic mass is 32.2. The molecule has 1 saturated heterocycles. The fraction of sp³-hybridized carbons (Fsp3) is 0.556. The second kappa shape index (κ2) is 11.8. The minimum Gasteiger partial charge on any atom is -0.496 e. The number of nitrogens with zero attached hydrogens (tertiary/aromatic N) is 2. The van der Waals surface area contributed by atoms with Crippen molar-refractivity contribution < 1.29 is 31.1 Å². The van der Waals surface area contributed by atoms with Crippen LogP contribution in [0.5, 0.6) is 5.75 Å². The van der Waals surface area contributed by atoms with Crippen molar-refractivity contribution in [2.24, 2.45) is 5.92 Å². The number of alkyl halides is 3. The number of anilines is 1. The van der Waals surface area contributed by atoms with Crippen LogP contribution in [0.1, 0.15) is 61.4 Å². The van der Waals surface area contributed by atoms with Gasteiger partial charge >= 0.3 is 6.18 Å². The topological polar surface area (TPSA) is 76.6 Å². The van der Waals surface area contributed by atoms with E-state index in [2.05, 4.69) is 11.9 Å². The Morgan fingerprint density at radius 1 is 1.14 bits per heavy atom. The molecule has 204 valence electrons. The smallest absolute Gasteiger partial charge is 0.433 e. The Morgan fingerprint density at radius 3 is 2.38 bits per heavy atom. The van der Waals surface area contributed by atoms with Crippen LogP contribution in [0.4, 0.5) is 19.0 Å². The molecule has 0 aliphatic carbocycles. The number of sulfone groups is 1. The predicted molar refractivity (Wildman–Crippen MR) is 138 cm³/mol. The summed E-state index contributed by atoms with van der Waals surface area (Å²) in [6, 6.07) is 7.75. The van der Waals surface area contributed by atoms with Crippen LogP contribution in [0.25, 0.3) is 0 Å². The van der Waals surface area contributed by atoms with Crippen molar-refractivity contribution in [2.45, 2.75) is 58.0 Å². The van der Waals surface area contributed by atoms with E-state index in [1.165, 1.54) is 19.4 Å². The van der Waals surface area contributed by atoms with Crippen LogP contribution in [0.15, 0.2) is 30.3 Å². The third-order valence-electron chi connectivity index (χ3n) is 7.01. The molecule has 1 fully saturated rings. The Bertz CT molecular complexity index is 1210. The molecule has 1 aromatic heterocycles. The first kappa shape index (κ1) is 28.9. The van der Waals surface area contributed by atoms with Gasteiger partial charge in [0.05, 0.1) is 12.9 Å². The Balaban J connectivity index is 1.75. The van der Waals surface area contributed by atoms with Gasteiger partial charge in [0.25, 0.3) is 0 Å². The number of piperidine rings is 1. The third kappa shape index (κ3) is 7.93. The monoisotopic (exact) mass is 540 g/mol. The second-order valence-corrected chi connectivity index (χ2v) is 12.2. The van der Waals surface area contributed by atoms with Gasteiger partial charge in [-0.15, -0.1) is 0 Å². The Kier molecular flexibility index (Phi) is 9.26. The van der Waals surface area contributed by atoms with Gasteiger partial charge in [-0.25, -0.2) is 13.4 Å². The van der Waals surface area contributed by atoms with E-state index in [4.69, 9.17) is 4.74 Å². The lowest BCUT2D eigenvalue weighted by atomic mass is 9.91. The van der Waals surface area contributed by atoms with Crippen LogP contribution in [0.3, 0.4) is 0 Å². The molecule has 37 heavy (non-hydrogen) atoms. The first-order valence-corrected chi connectivity index (χ1v) is 14.5. The number of aromatic nitrogens is 1. The van der Waals surface area contributed by atoms with Crippen molar-refractivity contribution in [1.29, 1.82) is 0 Å². The second-order valence-electron chi connectivity index (χ2n) is 9.99. The minimum absolute atomic E-state index is 0.00335. The summed E-state index contributed by atoms with van der Waals surface area (Å²) in [7, 11) is -1.63. The molecule has 0 bridgehead atoms. The van der Waals surface area contributed by atoms with Gasteiger partial charge in [-0.2, -0.15) is 13.2 Å². The zero-order valence-electron chi connectivity index (χ0n) is 21.8. The van der Waals surface area contributed by atoms with Crippen molar-refractivity contribution >= 4 is 21.4 Å². The van der Waals surface area contributed by atoms with Crippen LogP contribution in [-0.2, 0) is 33.6 Å². The number of hydrogen-bond donors (Lipinski definition) is 0. The number of carbonyl (C=O) groups excluding carboxylic acids is 1. The molecule has 1 aromatic carbocycles. The summed E-state index contributed by atoms with van der Waals surface area (Å²) in [4.78, 5) is 19.0. The summed E-state index contributed by atoms with van der Waals surface area (Å²) in [5, 5.41) is 0. The Morgan fingerprint density at radius 2 is 1.78 bits per heavy atom. The number of Topliss-reactive ketones (excluding diaryl/α,β-unsaturated/α-hetero) is 1. The molecular formula is C27H35F3N2O4S. The van der Waals surface area contributed by atoms with Crippen LogP contribution >= 0.6 is 0 Å². The van der Waals surface area contributed by atoms with E-state index in [9.17, 15) is 26.4 Å². The van der Waals surface area contributed by atoms with Gasteiger partial charge in [0.2, 0.25) is 0 Å². The Hall–Kier alpha value is -2.62. The van der Waals surface area contributed by atoms with Gasteiger partial charge in [-0.1, -0.05) is 32.0 Å². The quantitative estimate of drug-likeness (QED) is 0.410. The lowest BCUT2D eigenvalue weighted by Crippen LogP contribution is -2.34. The SMILES string of the molecule is COc1cc(C(C)C(=O)CCc2ccc(C(F)(F)F)nc2N2CCC(C)CC2)ccc1CCS(C)(=O)=O. The van der Waals surface area contributed by atoms with E-state index in [0.717, 1.165) is 30.0 Å². The minimum atomic E-state index is -4.53. The highest BCUT2D eigenvalue weighted by Gasteiger charge is 2.34. The lowest BCUT2D eigenvalue weighted by Gasteiger charge is -2.33. The number of ether oxygens (including phenoxy) is 1. The molecule has 1 aliphatic heterocycles. The summed E-state index contributed by atoms with van der Waals surface area (Å²) < 4.78 is 68.5. The first-order chi connectivity index (χ1) is 17.3. The van der Waals surface area contributed by atoms with Gasteiger partial charge < -0.3 is 9.64 Å². The molecule has 3 rings (SSSR count). The van der Waals surface area contributed by atoms with E-state index in [-0.39, 0.29) is 18.0 Å². The average molecular weight is 541 g/mol. The summed E-state index contributed by atoms with van der Waals surface area (Å²) in [6.45, 7) is 5.19. The number of pyridine rings is 1. The summed E-state index contributed by atoms with van der Waals surface area (Å²) >= 11 is 0. The number of ketones is 1. The molecular weight excluding hydrogens is 505 g/mol. The fourth-order valence-corrected chi connectivity index (χ4v) is 5.11. The number of rotatable bonds is 10. The molecule has 6 nitrogen and oxygen atoms in total. The van der Waals surface area contributed by atoms with Crippen molar-refractivity contribution in [3.05, 3.63) is 52.7 Å². The van der Waals surface area contributed by atoms with E-state index >= 15 is 0 Å². The maximum absolute atomic E-state index is 13.4. The molecule has 2 heterocycles. The molecule has 0 saturated carbocycles. The number of methoxy groups -OCH3 is 1. The van der Waals surface area contributed by atoms with Crippen molar-refractivity contribution in [1.82, 2.24) is 4.98 Å². The zero-order valence-corrected chi connectivity index (χ0v) is 22.6. The third-order valence-corrected chi connectivity index (χ3v) is 7.95. The maximum atomic E-state index is 13.4. The molecule has 0 spiro atoms. The molecule has 1 atom stereocenters. The predicted octanol–water partition coefficient (Wildman–Crippen LogP) is 5.24. The number of carbonyl (C=O) groups is 1. The average Bonchev–Trinajstić information content (AvgIpc) is 2.84. The summed E-state index contributed by atoms with van der Waals surface area (Å²) in [5.41, 5.74) is 1.19. The van der Waals surface area contributed by atoms with Crippen molar-refractivity contribution in [3.63, 3.8) is 0 Å². The molecule has 0 radical (unpaired) electrons. The number of hydrogen-bond acceptors (Lipinski definition) is 6. The van der Waals surface area contributed by atoms with Gasteiger partial charge in [0.15, 0.2) is 0 Å². The van der Waals surface area contributed by atoms with Crippen LogP contribution in [0.2, 0.25) is 0 Å². The molecule has 10 heteroatoms. The summed E-state index contributed by atoms with van der Waals surface area (Å²) in [6.07, 6.45) is -0.831. The zero-order chi connectivity index (χ0) is 27.4. The lowest BCUT2D eigenvalue weighted by molar-refractivity contribution is -0.141. The highest BCUT2D eigenvalue weighted by Crippen LogP contribution is 2.33. The summed E-state index contributed by atoms with van der Waals surface area (Å²) in [5.74, 6) is 0.844. The molecule has 1 unspecified atom stereocenters. The normalized spacial score (nSPS) is 16.0. The van der Waals surface area contributed by atoms with Crippen LogP contribution in [0, 0.1) is 5.92 Å². The van der Waals surface area contributed by atoms with Gasteiger partial charge in [-0.3, -0.25) is 4.79 Å². The fourth-order valence-electron chi connectivity index (χ4n) is 4.52. The largest absolute Gasteiger partial charge is 0.496 e. The first-order valence-electron chi connectivity index (χ1n) is 12.5. The van der Waals surface area contributed by atoms with Crippen LogP contribution < -0.4 is 9.64 Å². The van der Waals surface area contributed by atoms with Crippen LogP contribution in [-0.4, -0.2) is 51.4 Å². The van der Waals surface area contributed by atoms with Gasteiger partial charge in [0.1, 0.15) is 32.9 Å². The number of aryl methyl sites for hydroxylation is 2.